The first-order chi connectivity index (χ1) is 6.75. The molecule has 2 heterocycles. The minimum atomic E-state index is 0.0133. The van der Waals surface area contributed by atoms with Crippen LogP contribution in [0.2, 0.25) is 0 Å². The molecular formula is C10H10N2O2. The zero-order valence-corrected chi connectivity index (χ0v) is 7.83. The highest BCUT2D eigenvalue weighted by molar-refractivity contribution is 5.76. The van der Waals surface area contributed by atoms with Crippen LogP contribution in [-0.4, -0.2) is 10.1 Å². The molecule has 0 radical (unpaired) electrons. The molecule has 4 heteroatoms. The van der Waals surface area contributed by atoms with E-state index in [0.29, 0.717) is 17.0 Å². The van der Waals surface area contributed by atoms with E-state index >= 15 is 0 Å². The number of hydrogen-bond donors (Lipinski definition) is 1. The van der Waals surface area contributed by atoms with Crippen molar-refractivity contribution in [1.82, 2.24) is 10.1 Å². The van der Waals surface area contributed by atoms with Gasteiger partial charge in [-0.25, -0.2) is 0 Å². The van der Waals surface area contributed by atoms with Crippen LogP contribution in [0, 0.1) is 6.92 Å². The number of pyridine rings is 1. The van der Waals surface area contributed by atoms with Gasteiger partial charge in [0.05, 0.1) is 0 Å². The second-order valence-electron chi connectivity index (χ2n) is 3.86. The van der Waals surface area contributed by atoms with Crippen LogP contribution in [0.4, 0.5) is 0 Å². The molecular weight excluding hydrogens is 180 g/mol. The molecule has 1 saturated carbocycles. The molecule has 0 saturated heterocycles. The van der Waals surface area contributed by atoms with Gasteiger partial charge in [-0.2, -0.15) is 0 Å². The molecule has 0 bridgehead atoms. The number of aromatic nitrogens is 2. The van der Waals surface area contributed by atoms with Crippen molar-refractivity contribution in [2.24, 2.45) is 0 Å². The predicted octanol–water partition coefficient (Wildman–Crippen LogP) is 1.70. The topological polar surface area (TPSA) is 58.9 Å². The molecule has 4 nitrogen and oxygen atoms in total. The van der Waals surface area contributed by atoms with Crippen LogP contribution in [0.1, 0.15) is 30.1 Å². The number of H-pyrrole nitrogens is 1. The summed E-state index contributed by atoms with van der Waals surface area (Å²) in [4.78, 5) is 14.7. The highest BCUT2D eigenvalue weighted by Crippen LogP contribution is 2.41. The molecule has 0 amide bonds. The maximum absolute atomic E-state index is 11.7. The van der Waals surface area contributed by atoms with Crippen LogP contribution in [-0.2, 0) is 0 Å². The smallest absolute Gasteiger partial charge is 0.240 e. The Kier molecular flexibility index (Phi) is 1.37. The first-order valence-corrected chi connectivity index (χ1v) is 4.75. The minimum Gasteiger partial charge on any atom is -0.337 e. The lowest BCUT2D eigenvalue weighted by atomic mass is 10.2. The zero-order valence-electron chi connectivity index (χ0n) is 7.83. The van der Waals surface area contributed by atoms with Gasteiger partial charge in [0.2, 0.25) is 5.71 Å². The Bertz CT molecular complexity index is 549. The maximum Gasteiger partial charge on any atom is 0.240 e. The first-order valence-electron chi connectivity index (χ1n) is 4.75. The van der Waals surface area contributed by atoms with Crippen molar-refractivity contribution >= 4 is 11.1 Å². The van der Waals surface area contributed by atoms with Gasteiger partial charge in [0.1, 0.15) is 11.1 Å². The van der Waals surface area contributed by atoms with Gasteiger partial charge in [-0.05, 0) is 19.8 Å². The predicted molar refractivity (Wildman–Crippen MR) is 51.3 cm³/mol. The van der Waals surface area contributed by atoms with Crippen LogP contribution in [0.5, 0.6) is 0 Å². The molecule has 2 aromatic rings. The normalized spacial score (nSPS) is 16.4. The summed E-state index contributed by atoms with van der Waals surface area (Å²) in [6.45, 7) is 1.83. The Morgan fingerprint density at radius 3 is 3.07 bits per heavy atom. The van der Waals surface area contributed by atoms with E-state index in [-0.39, 0.29) is 5.43 Å². The van der Waals surface area contributed by atoms with Crippen molar-refractivity contribution < 1.29 is 4.52 Å². The largest absolute Gasteiger partial charge is 0.337 e. The maximum atomic E-state index is 11.7. The molecule has 1 fully saturated rings. The lowest BCUT2D eigenvalue weighted by molar-refractivity contribution is 0.438. The average molecular weight is 190 g/mol. The van der Waals surface area contributed by atoms with Gasteiger partial charge >= 0.3 is 0 Å². The third-order valence-electron chi connectivity index (χ3n) is 2.59. The summed E-state index contributed by atoms with van der Waals surface area (Å²) < 4.78 is 5.11. The van der Waals surface area contributed by atoms with Gasteiger partial charge in [0.15, 0.2) is 5.43 Å². The lowest BCUT2D eigenvalue weighted by Gasteiger charge is -1.92. The number of nitrogens with zero attached hydrogens (tertiary/aromatic N) is 1. The third-order valence-corrected chi connectivity index (χ3v) is 2.59. The molecule has 3 rings (SSSR count). The SMILES string of the molecule is Cc1cc(=O)c2c(C3CC3)noc2[nH]1. The van der Waals surface area contributed by atoms with E-state index in [4.69, 9.17) is 4.52 Å². The summed E-state index contributed by atoms with van der Waals surface area (Å²) in [5.41, 5.74) is 2.17. The fourth-order valence-electron chi connectivity index (χ4n) is 1.75. The summed E-state index contributed by atoms with van der Waals surface area (Å²) in [5.74, 6) is 0.444. The zero-order chi connectivity index (χ0) is 9.71. The molecule has 14 heavy (non-hydrogen) atoms. The van der Waals surface area contributed by atoms with E-state index in [2.05, 4.69) is 10.1 Å². The van der Waals surface area contributed by atoms with Gasteiger partial charge in [-0.3, -0.25) is 4.79 Å². The van der Waals surface area contributed by atoms with Gasteiger partial charge in [-0.15, -0.1) is 0 Å². The fraction of sp³-hybridized carbons (Fsp3) is 0.400. The Balaban J connectivity index is 2.39. The van der Waals surface area contributed by atoms with Crippen LogP contribution in [0.15, 0.2) is 15.4 Å². The molecule has 0 atom stereocenters. The van der Waals surface area contributed by atoms with E-state index in [1.165, 1.54) is 0 Å². The monoisotopic (exact) mass is 190 g/mol. The molecule has 2 aromatic heterocycles. The van der Waals surface area contributed by atoms with Gasteiger partial charge in [0, 0.05) is 17.7 Å². The molecule has 1 aliphatic rings. The van der Waals surface area contributed by atoms with Gasteiger partial charge < -0.3 is 9.51 Å². The number of nitrogens with one attached hydrogen (secondary N) is 1. The molecule has 0 aliphatic heterocycles. The van der Waals surface area contributed by atoms with Gasteiger partial charge in [-0.1, -0.05) is 5.16 Å². The Morgan fingerprint density at radius 2 is 2.36 bits per heavy atom. The molecule has 0 spiro atoms. The van der Waals surface area contributed by atoms with E-state index in [1.807, 2.05) is 6.92 Å². The second-order valence-corrected chi connectivity index (χ2v) is 3.86. The number of fused-ring (bicyclic) bond motifs is 1. The van der Waals surface area contributed by atoms with Crippen LogP contribution in [0.3, 0.4) is 0 Å². The number of rotatable bonds is 1. The number of hydrogen-bond acceptors (Lipinski definition) is 3. The molecule has 72 valence electrons. The quantitative estimate of drug-likeness (QED) is 0.744. The van der Waals surface area contributed by atoms with E-state index in [9.17, 15) is 4.79 Å². The van der Waals surface area contributed by atoms with Gasteiger partial charge in [0.25, 0.3) is 0 Å². The van der Waals surface area contributed by atoms with E-state index < -0.39 is 0 Å². The Labute approximate surface area is 79.9 Å². The number of aromatic amines is 1. The summed E-state index contributed by atoms with van der Waals surface area (Å²) in [6.07, 6.45) is 2.24. The molecule has 0 aromatic carbocycles. The minimum absolute atomic E-state index is 0.0133. The second kappa shape index (κ2) is 2.47. The summed E-state index contributed by atoms with van der Waals surface area (Å²) in [7, 11) is 0. The Morgan fingerprint density at radius 1 is 1.57 bits per heavy atom. The molecule has 1 aliphatic carbocycles. The van der Waals surface area contributed by atoms with Crippen molar-refractivity contribution in [3.05, 3.63) is 27.7 Å². The lowest BCUT2D eigenvalue weighted by Crippen LogP contribution is -2.03. The van der Waals surface area contributed by atoms with Crippen molar-refractivity contribution in [3.8, 4) is 0 Å². The average Bonchev–Trinajstić information content (AvgIpc) is 2.87. The van der Waals surface area contributed by atoms with Crippen LogP contribution >= 0.6 is 0 Å². The first kappa shape index (κ1) is 7.79. The standard InChI is InChI=1S/C10H10N2O2/c1-5-4-7(13)8-9(6-2-3-6)12-14-10(8)11-5/h4,6H,2-3H2,1H3,(H,11,13). The number of aryl methyl sites for hydroxylation is 1. The fourth-order valence-corrected chi connectivity index (χ4v) is 1.75. The van der Waals surface area contributed by atoms with Crippen molar-refractivity contribution in [2.45, 2.75) is 25.7 Å². The highest BCUT2D eigenvalue weighted by Gasteiger charge is 2.30. The van der Waals surface area contributed by atoms with Crippen molar-refractivity contribution in [2.75, 3.05) is 0 Å². The third kappa shape index (κ3) is 0.999. The summed E-state index contributed by atoms with van der Waals surface area (Å²) >= 11 is 0. The van der Waals surface area contributed by atoms with Crippen molar-refractivity contribution in [3.63, 3.8) is 0 Å². The summed E-state index contributed by atoms with van der Waals surface area (Å²) in [5, 5.41) is 4.59. The van der Waals surface area contributed by atoms with E-state index in [1.54, 1.807) is 6.07 Å². The Hall–Kier alpha value is -1.58. The van der Waals surface area contributed by atoms with Crippen molar-refractivity contribution in [1.29, 1.82) is 0 Å². The van der Waals surface area contributed by atoms with Crippen LogP contribution in [0.25, 0.3) is 11.1 Å². The molecule has 1 N–H and O–H groups in total. The van der Waals surface area contributed by atoms with Crippen LogP contribution < -0.4 is 5.43 Å². The molecule has 0 unspecified atom stereocenters. The van der Waals surface area contributed by atoms with E-state index in [0.717, 1.165) is 24.2 Å². The highest BCUT2D eigenvalue weighted by atomic mass is 16.5. The summed E-state index contributed by atoms with van der Waals surface area (Å²) in [6, 6.07) is 1.59.